The molecule has 0 aliphatic rings. The maximum Gasteiger partial charge on any atom is 0.400 e. The molecule has 2 aromatic carbocycles. The van der Waals surface area contributed by atoms with Gasteiger partial charge in [0.25, 0.3) is 0 Å². The van der Waals surface area contributed by atoms with Gasteiger partial charge >= 0.3 is 10.4 Å². The molecule has 136 valence electrons. The molecule has 0 fully saturated rings. The molecule has 0 unspecified atom stereocenters. The number of hydrogen-bond donors (Lipinski definition) is 0. The van der Waals surface area contributed by atoms with Gasteiger partial charge in [0, 0.05) is 11.1 Å². The van der Waals surface area contributed by atoms with Gasteiger partial charge in [0.05, 0.1) is 26.4 Å². The normalized spacial score (nSPS) is 11.3. The molecule has 0 spiro atoms. The van der Waals surface area contributed by atoms with Crippen molar-refractivity contribution >= 4 is 10.4 Å². The minimum Gasteiger partial charge on any atom is -0.494 e. The molecule has 6 nitrogen and oxygen atoms in total. The molecule has 2 aromatic rings. The summed E-state index contributed by atoms with van der Waals surface area (Å²) in [6, 6.07) is 14.2. The van der Waals surface area contributed by atoms with Crippen LogP contribution in [0.3, 0.4) is 0 Å². The van der Waals surface area contributed by atoms with Crippen LogP contribution in [0.2, 0.25) is 0 Å². The van der Waals surface area contributed by atoms with Gasteiger partial charge in [-0.2, -0.15) is 8.42 Å². The first-order valence-corrected chi connectivity index (χ1v) is 9.34. The van der Waals surface area contributed by atoms with Crippen LogP contribution in [0.25, 0.3) is 0 Å². The zero-order chi connectivity index (χ0) is 18.1. The highest BCUT2D eigenvalue weighted by atomic mass is 32.3. The molecule has 0 aromatic heterocycles. The monoisotopic (exact) mass is 366 g/mol. The Bertz CT molecular complexity index is 713. The second-order valence-corrected chi connectivity index (χ2v) is 6.30. The van der Waals surface area contributed by atoms with Crippen LogP contribution in [0, 0.1) is 0 Å². The quantitative estimate of drug-likeness (QED) is 0.641. The van der Waals surface area contributed by atoms with Gasteiger partial charge in [-0.05, 0) is 26.0 Å². The fraction of sp³-hybridized carbons (Fsp3) is 0.333. The summed E-state index contributed by atoms with van der Waals surface area (Å²) >= 11 is 0. The van der Waals surface area contributed by atoms with E-state index in [0.717, 1.165) is 0 Å². The molecule has 0 N–H and O–H groups in total. The lowest BCUT2D eigenvalue weighted by Gasteiger charge is -2.12. The van der Waals surface area contributed by atoms with E-state index in [2.05, 4.69) is 0 Å². The summed E-state index contributed by atoms with van der Waals surface area (Å²) < 4.78 is 44.8. The summed E-state index contributed by atoms with van der Waals surface area (Å²) in [4.78, 5) is 0. The van der Waals surface area contributed by atoms with E-state index in [1.807, 2.05) is 26.0 Å². The maximum absolute atomic E-state index is 12.0. The number of rotatable bonds is 10. The van der Waals surface area contributed by atoms with E-state index in [0.29, 0.717) is 35.8 Å². The van der Waals surface area contributed by atoms with Crippen LogP contribution in [-0.2, 0) is 32.0 Å². The third-order valence-electron chi connectivity index (χ3n) is 3.26. The van der Waals surface area contributed by atoms with Crippen LogP contribution in [0.4, 0.5) is 0 Å². The molecule has 0 aliphatic heterocycles. The highest BCUT2D eigenvalue weighted by Crippen LogP contribution is 2.22. The second kappa shape index (κ2) is 9.41. The van der Waals surface area contributed by atoms with E-state index in [-0.39, 0.29) is 13.2 Å². The Morgan fingerprint density at radius 2 is 1.12 bits per heavy atom. The van der Waals surface area contributed by atoms with Crippen molar-refractivity contribution in [2.75, 3.05) is 13.2 Å². The molecule has 0 heterocycles. The van der Waals surface area contributed by atoms with Crippen LogP contribution < -0.4 is 9.47 Å². The van der Waals surface area contributed by atoms with Crippen LogP contribution >= 0.6 is 0 Å². The van der Waals surface area contributed by atoms with Crippen LogP contribution in [0.15, 0.2) is 48.5 Å². The van der Waals surface area contributed by atoms with Crippen molar-refractivity contribution in [3.63, 3.8) is 0 Å². The minimum atomic E-state index is -4.15. The number of ether oxygens (including phenoxy) is 2. The predicted octanol–water partition coefficient (Wildman–Crippen LogP) is 3.46. The smallest absolute Gasteiger partial charge is 0.400 e. The van der Waals surface area contributed by atoms with Gasteiger partial charge in [-0.15, -0.1) is 0 Å². The molecule has 0 saturated heterocycles. The molecule has 0 amide bonds. The standard InChI is InChI=1S/C18H22O6S/c1-3-21-17-11-7-5-9-15(17)13-23-25(19,20)24-14-16-10-6-8-12-18(16)22-4-2/h5-12H,3-4,13-14H2,1-2H3. The summed E-state index contributed by atoms with van der Waals surface area (Å²) in [5.74, 6) is 1.17. The van der Waals surface area contributed by atoms with Gasteiger partial charge in [-0.3, -0.25) is 0 Å². The molecule has 7 heteroatoms. The van der Waals surface area contributed by atoms with E-state index in [9.17, 15) is 8.42 Å². The SMILES string of the molecule is CCOc1ccccc1COS(=O)(=O)OCc1ccccc1OCC. The Morgan fingerprint density at radius 1 is 0.720 bits per heavy atom. The number of hydrogen-bond acceptors (Lipinski definition) is 6. The molecule has 25 heavy (non-hydrogen) atoms. The summed E-state index contributed by atoms with van der Waals surface area (Å²) in [5.41, 5.74) is 1.26. The van der Waals surface area contributed by atoms with Gasteiger partial charge in [-0.1, -0.05) is 36.4 Å². The molecular weight excluding hydrogens is 344 g/mol. The highest BCUT2D eigenvalue weighted by molar-refractivity contribution is 7.81. The lowest BCUT2D eigenvalue weighted by atomic mass is 10.2. The molecule has 0 bridgehead atoms. The van der Waals surface area contributed by atoms with Crippen molar-refractivity contribution in [3.05, 3.63) is 59.7 Å². The second-order valence-electron chi connectivity index (χ2n) is 5.01. The van der Waals surface area contributed by atoms with Crippen molar-refractivity contribution < 1.29 is 26.3 Å². The fourth-order valence-corrected chi connectivity index (χ4v) is 2.75. The largest absolute Gasteiger partial charge is 0.494 e. The van der Waals surface area contributed by atoms with Crippen molar-refractivity contribution in [2.45, 2.75) is 27.1 Å². The number of benzene rings is 2. The first-order chi connectivity index (χ1) is 12.1. The van der Waals surface area contributed by atoms with Gasteiger partial charge in [0.1, 0.15) is 11.5 Å². The Balaban J connectivity index is 1.97. The van der Waals surface area contributed by atoms with Gasteiger partial charge in [-0.25, -0.2) is 8.37 Å². The lowest BCUT2D eigenvalue weighted by molar-refractivity contribution is 0.197. The van der Waals surface area contributed by atoms with Crippen LogP contribution in [0.5, 0.6) is 11.5 Å². The van der Waals surface area contributed by atoms with E-state index in [1.54, 1.807) is 36.4 Å². The third kappa shape index (κ3) is 6.04. The Hall–Kier alpha value is -2.09. The van der Waals surface area contributed by atoms with Crippen LogP contribution in [0.1, 0.15) is 25.0 Å². The zero-order valence-corrected chi connectivity index (χ0v) is 15.1. The zero-order valence-electron chi connectivity index (χ0n) is 14.3. The van der Waals surface area contributed by atoms with Crippen molar-refractivity contribution in [1.29, 1.82) is 0 Å². The topological polar surface area (TPSA) is 71.1 Å². The average Bonchev–Trinajstić information content (AvgIpc) is 2.61. The van der Waals surface area contributed by atoms with Crippen LogP contribution in [-0.4, -0.2) is 21.6 Å². The molecule has 2 rings (SSSR count). The van der Waals surface area contributed by atoms with E-state index in [4.69, 9.17) is 17.8 Å². The molecule has 0 atom stereocenters. The molecular formula is C18H22O6S. The van der Waals surface area contributed by atoms with Crippen molar-refractivity contribution in [1.82, 2.24) is 0 Å². The average molecular weight is 366 g/mol. The van der Waals surface area contributed by atoms with E-state index in [1.165, 1.54) is 0 Å². The summed E-state index contributed by atoms with van der Waals surface area (Å²) in [7, 11) is -4.15. The summed E-state index contributed by atoms with van der Waals surface area (Å²) in [5, 5.41) is 0. The maximum atomic E-state index is 12.0. The Kier molecular flexibility index (Phi) is 7.24. The van der Waals surface area contributed by atoms with E-state index < -0.39 is 10.4 Å². The molecule has 0 saturated carbocycles. The fourth-order valence-electron chi connectivity index (χ4n) is 2.14. The first-order valence-electron chi connectivity index (χ1n) is 8.01. The van der Waals surface area contributed by atoms with Crippen molar-refractivity contribution in [2.24, 2.45) is 0 Å². The number of para-hydroxylation sites is 2. The first kappa shape index (κ1) is 19.2. The Morgan fingerprint density at radius 3 is 1.52 bits per heavy atom. The highest BCUT2D eigenvalue weighted by Gasteiger charge is 2.15. The summed E-state index contributed by atoms with van der Waals surface area (Å²) in [6.07, 6.45) is 0. The van der Waals surface area contributed by atoms with Crippen molar-refractivity contribution in [3.8, 4) is 11.5 Å². The molecule has 0 aliphatic carbocycles. The minimum absolute atomic E-state index is 0.161. The van der Waals surface area contributed by atoms with Gasteiger partial charge in [0.2, 0.25) is 0 Å². The predicted molar refractivity (Wildman–Crippen MR) is 93.7 cm³/mol. The summed E-state index contributed by atoms with van der Waals surface area (Å²) in [6.45, 7) is 4.35. The van der Waals surface area contributed by atoms with E-state index >= 15 is 0 Å². The Labute approximate surface area is 148 Å². The molecule has 0 radical (unpaired) electrons. The third-order valence-corrected chi connectivity index (χ3v) is 4.08. The van der Waals surface area contributed by atoms with Gasteiger partial charge in [0.15, 0.2) is 0 Å². The lowest BCUT2D eigenvalue weighted by Crippen LogP contribution is -2.11. The van der Waals surface area contributed by atoms with Gasteiger partial charge < -0.3 is 9.47 Å².